The third kappa shape index (κ3) is 2.73. The number of nitrogens with one attached hydrogen (secondary N) is 1. The largest absolute Gasteiger partial charge is 0.313 e. The molecular weight excluding hydrogens is 184 g/mol. The standard InChI is InChI=1S/C13H26N2/c1-11-9-12(5-8-15(11)3)14-10-13(2)6-4-7-13/h11-12,14H,4-10H2,1-3H3. The summed E-state index contributed by atoms with van der Waals surface area (Å²) in [5.41, 5.74) is 0.632. The first-order valence-electron chi connectivity index (χ1n) is 6.53. The van der Waals surface area contributed by atoms with Crippen LogP contribution in [0.4, 0.5) is 0 Å². The molecule has 2 heteroatoms. The summed E-state index contributed by atoms with van der Waals surface area (Å²) in [6.07, 6.45) is 6.97. The van der Waals surface area contributed by atoms with Crippen LogP contribution in [0.2, 0.25) is 0 Å². The summed E-state index contributed by atoms with van der Waals surface area (Å²) in [6, 6.07) is 1.53. The highest BCUT2D eigenvalue weighted by atomic mass is 15.1. The lowest BCUT2D eigenvalue weighted by molar-refractivity contribution is 0.124. The van der Waals surface area contributed by atoms with Crippen molar-refractivity contribution in [3.8, 4) is 0 Å². The smallest absolute Gasteiger partial charge is 0.00942 e. The van der Waals surface area contributed by atoms with Crippen LogP contribution in [-0.2, 0) is 0 Å². The molecule has 2 aliphatic rings. The van der Waals surface area contributed by atoms with Crippen molar-refractivity contribution < 1.29 is 0 Å². The summed E-state index contributed by atoms with van der Waals surface area (Å²) >= 11 is 0. The molecule has 15 heavy (non-hydrogen) atoms. The number of likely N-dealkylation sites (tertiary alicyclic amines) is 1. The average molecular weight is 210 g/mol. The molecule has 88 valence electrons. The second-order valence-electron chi connectivity index (χ2n) is 6.10. The van der Waals surface area contributed by atoms with Crippen LogP contribution in [-0.4, -0.2) is 37.1 Å². The van der Waals surface area contributed by atoms with E-state index in [0.717, 1.165) is 12.1 Å². The summed E-state index contributed by atoms with van der Waals surface area (Å²) in [6.45, 7) is 7.28. The number of nitrogens with zero attached hydrogens (tertiary/aromatic N) is 1. The van der Waals surface area contributed by atoms with Crippen molar-refractivity contribution in [2.24, 2.45) is 5.41 Å². The van der Waals surface area contributed by atoms with Gasteiger partial charge in [-0.1, -0.05) is 13.3 Å². The molecule has 1 aliphatic carbocycles. The van der Waals surface area contributed by atoms with E-state index in [1.807, 2.05) is 0 Å². The highest BCUT2D eigenvalue weighted by molar-refractivity contribution is 4.88. The van der Waals surface area contributed by atoms with Crippen LogP contribution in [0.5, 0.6) is 0 Å². The molecule has 1 N–H and O–H groups in total. The molecule has 1 heterocycles. The Kier molecular flexibility index (Phi) is 3.36. The number of hydrogen-bond acceptors (Lipinski definition) is 2. The third-order valence-corrected chi connectivity index (χ3v) is 4.59. The molecule has 2 rings (SSSR count). The molecule has 1 saturated heterocycles. The summed E-state index contributed by atoms with van der Waals surface area (Å²) in [5.74, 6) is 0. The first-order valence-corrected chi connectivity index (χ1v) is 6.53. The molecule has 2 unspecified atom stereocenters. The molecule has 1 saturated carbocycles. The summed E-state index contributed by atoms with van der Waals surface area (Å²) in [7, 11) is 2.24. The zero-order valence-corrected chi connectivity index (χ0v) is 10.6. The van der Waals surface area contributed by atoms with Crippen LogP contribution in [0.15, 0.2) is 0 Å². The molecule has 0 aromatic heterocycles. The molecule has 0 aromatic carbocycles. The Balaban J connectivity index is 1.71. The van der Waals surface area contributed by atoms with Gasteiger partial charge in [0.05, 0.1) is 0 Å². The lowest BCUT2D eigenvalue weighted by Gasteiger charge is -2.42. The normalized spacial score (nSPS) is 36.2. The molecule has 2 nitrogen and oxygen atoms in total. The second kappa shape index (κ2) is 4.42. The van der Waals surface area contributed by atoms with Gasteiger partial charge in [0.25, 0.3) is 0 Å². The lowest BCUT2D eigenvalue weighted by Crippen LogP contribution is -2.49. The predicted molar refractivity (Wildman–Crippen MR) is 65.1 cm³/mol. The Hall–Kier alpha value is -0.0800. The molecule has 0 amide bonds. The maximum Gasteiger partial charge on any atom is 0.00942 e. The summed E-state index contributed by atoms with van der Waals surface area (Å²) < 4.78 is 0. The molecule has 2 atom stereocenters. The number of rotatable bonds is 3. The van der Waals surface area contributed by atoms with Crippen molar-refractivity contribution in [3.63, 3.8) is 0 Å². The predicted octanol–water partition coefficient (Wildman–Crippen LogP) is 2.25. The SMILES string of the molecule is CC1CC(NCC2(C)CCC2)CCN1C. The monoisotopic (exact) mass is 210 g/mol. The van der Waals surface area contributed by atoms with Crippen molar-refractivity contribution in [1.82, 2.24) is 10.2 Å². The quantitative estimate of drug-likeness (QED) is 0.768. The van der Waals surface area contributed by atoms with Gasteiger partial charge < -0.3 is 10.2 Å². The van der Waals surface area contributed by atoms with Crippen LogP contribution in [0.3, 0.4) is 0 Å². The van der Waals surface area contributed by atoms with E-state index in [4.69, 9.17) is 0 Å². The zero-order chi connectivity index (χ0) is 10.9. The van der Waals surface area contributed by atoms with E-state index in [9.17, 15) is 0 Å². The Morgan fingerprint density at radius 3 is 2.67 bits per heavy atom. The van der Waals surface area contributed by atoms with Gasteiger partial charge in [0.15, 0.2) is 0 Å². The van der Waals surface area contributed by atoms with Gasteiger partial charge in [-0.2, -0.15) is 0 Å². The molecule has 0 aromatic rings. The highest BCUT2D eigenvalue weighted by Gasteiger charge is 2.32. The minimum Gasteiger partial charge on any atom is -0.313 e. The molecule has 1 aliphatic heterocycles. The maximum absolute atomic E-state index is 3.79. The fourth-order valence-corrected chi connectivity index (χ4v) is 2.82. The van der Waals surface area contributed by atoms with Gasteiger partial charge in [-0.25, -0.2) is 0 Å². The molecule has 0 bridgehead atoms. The summed E-state index contributed by atoms with van der Waals surface area (Å²) in [4.78, 5) is 2.48. The van der Waals surface area contributed by atoms with Crippen LogP contribution in [0, 0.1) is 5.41 Å². The van der Waals surface area contributed by atoms with Gasteiger partial charge in [0.2, 0.25) is 0 Å². The fraction of sp³-hybridized carbons (Fsp3) is 1.00. The van der Waals surface area contributed by atoms with Crippen LogP contribution >= 0.6 is 0 Å². The van der Waals surface area contributed by atoms with Crippen LogP contribution in [0.25, 0.3) is 0 Å². The van der Waals surface area contributed by atoms with E-state index in [1.54, 1.807) is 0 Å². The van der Waals surface area contributed by atoms with Gasteiger partial charge in [0, 0.05) is 18.6 Å². The lowest BCUT2D eigenvalue weighted by atomic mass is 9.70. The Morgan fingerprint density at radius 1 is 1.40 bits per heavy atom. The van der Waals surface area contributed by atoms with E-state index < -0.39 is 0 Å². The first kappa shape index (κ1) is 11.4. The van der Waals surface area contributed by atoms with E-state index in [0.29, 0.717) is 5.41 Å². The van der Waals surface area contributed by atoms with Crippen molar-refractivity contribution in [2.75, 3.05) is 20.1 Å². The molecule has 0 radical (unpaired) electrons. The van der Waals surface area contributed by atoms with Crippen molar-refractivity contribution in [2.45, 2.75) is 58.0 Å². The minimum absolute atomic E-state index is 0.632. The van der Waals surface area contributed by atoms with Crippen LogP contribution in [0.1, 0.15) is 46.0 Å². The zero-order valence-electron chi connectivity index (χ0n) is 10.6. The van der Waals surface area contributed by atoms with E-state index >= 15 is 0 Å². The average Bonchev–Trinajstić information content (AvgIpc) is 2.17. The maximum atomic E-state index is 3.79. The Labute approximate surface area is 94.4 Å². The van der Waals surface area contributed by atoms with E-state index in [-0.39, 0.29) is 0 Å². The van der Waals surface area contributed by atoms with Crippen molar-refractivity contribution in [1.29, 1.82) is 0 Å². The third-order valence-electron chi connectivity index (χ3n) is 4.59. The molecule has 2 fully saturated rings. The minimum atomic E-state index is 0.632. The van der Waals surface area contributed by atoms with Crippen molar-refractivity contribution >= 4 is 0 Å². The van der Waals surface area contributed by atoms with Gasteiger partial charge in [0.1, 0.15) is 0 Å². The van der Waals surface area contributed by atoms with Crippen molar-refractivity contribution in [3.05, 3.63) is 0 Å². The topological polar surface area (TPSA) is 15.3 Å². The highest BCUT2D eigenvalue weighted by Crippen LogP contribution is 2.39. The molecule has 0 spiro atoms. The first-order chi connectivity index (χ1) is 7.09. The van der Waals surface area contributed by atoms with Crippen LogP contribution < -0.4 is 5.32 Å². The molecular formula is C13H26N2. The van der Waals surface area contributed by atoms with Gasteiger partial charge in [-0.3, -0.25) is 0 Å². The van der Waals surface area contributed by atoms with Gasteiger partial charge >= 0.3 is 0 Å². The second-order valence-corrected chi connectivity index (χ2v) is 6.10. The number of piperidine rings is 1. The Bertz CT molecular complexity index is 211. The van der Waals surface area contributed by atoms with Gasteiger partial charge in [-0.15, -0.1) is 0 Å². The number of hydrogen-bond donors (Lipinski definition) is 1. The van der Waals surface area contributed by atoms with Gasteiger partial charge in [-0.05, 0) is 51.6 Å². The fourth-order valence-electron chi connectivity index (χ4n) is 2.82. The Morgan fingerprint density at radius 2 is 2.13 bits per heavy atom. The summed E-state index contributed by atoms with van der Waals surface area (Å²) in [5, 5.41) is 3.79. The van der Waals surface area contributed by atoms with E-state index in [2.05, 4.69) is 31.1 Å². The van der Waals surface area contributed by atoms with E-state index in [1.165, 1.54) is 45.2 Å².